The molecule has 0 aromatic heterocycles. The lowest BCUT2D eigenvalue weighted by Gasteiger charge is -2.17. The summed E-state index contributed by atoms with van der Waals surface area (Å²) >= 11 is 4.85. The van der Waals surface area contributed by atoms with Crippen LogP contribution in [0.5, 0.6) is 0 Å². The lowest BCUT2D eigenvalue weighted by Crippen LogP contribution is -2.38. The number of halogens is 1. The Labute approximate surface area is 118 Å². The predicted molar refractivity (Wildman–Crippen MR) is 74.6 cm³/mol. The van der Waals surface area contributed by atoms with Crippen LogP contribution in [0.1, 0.15) is 6.92 Å². The molecule has 1 heterocycles. The van der Waals surface area contributed by atoms with Gasteiger partial charge in [-0.3, -0.25) is 9.69 Å². The Morgan fingerprint density at radius 2 is 2.33 bits per heavy atom. The highest BCUT2D eigenvalue weighted by molar-refractivity contribution is 9.10. The summed E-state index contributed by atoms with van der Waals surface area (Å²) in [4.78, 5) is 25.8. The summed E-state index contributed by atoms with van der Waals surface area (Å²) in [6, 6.07) is 7.47. The predicted octanol–water partition coefficient (Wildman–Crippen LogP) is 2.48. The summed E-state index contributed by atoms with van der Waals surface area (Å²) in [5.41, 5.74) is 0. The standard InChI is InChI=1S/C12H13BrN2O2S/c1-8(11(16)15-6-5-14-12(15)17)18-10-4-2-3-9(13)7-10/h2-4,7-8H,5-6H2,1H3,(H,14,17). The zero-order valence-electron chi connectivity index (χ0n) is 9.85. The molecule has 1 fully saturated rings. The minimum atomic E-state index is -0.290. The van der Waals surface area contributed by atoms with Crippen LogP contribution in [0.15, 0.2) is 33.6 Å². The van der Waals surface area contributed by atoms with Crippen LogP contribution >= 0.6 is 27.7 Å². The SMILES string of the molecule is CC(Sc1cccc(Br)c1)C(=O)N1CCNC1=O. The van der Waals surface area contributed by atoms with Crippen molar-refractivity contribution in [1.82, 2.24) is 10.2 Å². The fourth-order valence-electron chi connectivity index (χ4n) is 1.70. The molecular formula is C12H13BrN2O2S. The van der Waals surface area contributed by atoms with E-state index in [2.05, 4.69) is 21.2 Å². The second-order valence-electron chi connectivity index (χ2n) is 3.94. The molecule has 2 rings (SSSR count). The van der Waals surface area contributed by atoms with Crippen LogP contribution in [0.25, 0.3) is 0 Å². The fourth-order valence-corrected chi connectivity index (χ4v) is 3.24. The molecule has 1 N–H and O–H groups in total. The van der Waals surface area contributed by atoms with Crippen molar-refractivity contribution in [2.75, 3.05) is 13.1 Å². The first-order chi connectivity index (χ1) is 8.58. The minimum absolute atomic E-state index is 0.144. The second-order valence-corrected chi connectivity index (χ2v) is 6.27. The smallest absolute Gasteiger partial charge is 0.324 e. The molecule has 6 heteroatoms. The third kappa shape index (κ3) is 3.05. The van der Waals surface area contributed by atoms with Gasteiger partial charge in [0.2, 0.25) is 5.91 Å². The van der Waals surface area contributed by atoms with Gasteiger partial charge < -0.3 is 5.32 Å². The molecule has 3 amide bonds. The third-order valence-corrected chi connectivity index (χ3v) is 4.15. The monoisotopic (exact) mass is 328 g/mol. The molecule has 0 saturated carbocycles. The van der Waals surface area contributed by atoms with E-state index in [1.54, 1.807) is 0 Å². The summed E-state index contributed by atoms with van der Waals surface area (Å²) in [7, 11) is 0. The molecule has 0 spiro atoms. The van der Waals surface area contributed by atoms with E-state index in [1.807, 2.05) is 31.2 Å². The molecule has 1 aliphatic rings. The van der Waals surface area contributed by atoms with Gasteiger partial charge in [-0.05, 0) is 25.1 Å². The van der Waals surface area contributed by atoms with Gasteiger partial charge in [-0.1, -0.05) is 22.0 Å². The van der Waals surface area contributed by atoms with Crippen LogP contribution in [0, 0.1) is 0 Å². The summed E-state index contributed by atoms with van der Waals surface area (Å²) in [5.74, 6) is -0.144. The van der Waals surface area contributed by atoms with E-state index in [0.29, 0.717) is 13.1 Å². The van der Waals surface area contributed by atoms with Gasteiger partial charge in [-0.2, -0.15) is 0 Å². The van der Waals surface area contributed by atoms with Crippen LogP contribution in [-0.4, -0.2) is 35.2 Å². The Morgan fingerprint density at radius 3 is 2.94 bits per heavy atom. The summed E-state index contributed by atoms with van der Waals surface area (Å²) < 4.78 is 0.978. The highest BCUT2D eigenvalue weighted by Crippen LogP contribution is 2.27. The zero-order chi connectivity index (χ0) is 13.1. The van der Waals surface area contributed by atoms with Crippen molar-refractivity contribution in [2.45, 2.75) is 17.1 Å². The number of hydrogen-bond acceptors (Lipinski definition) is 3. The maximum absolute atomic E-state index is 12.1. The molecule has 1 aromatic carbocycles. The number of imide groups is 1. The molecule has 18 heavy (non-hydrogen) atoms. The first kappa shape index (κ1) is 13.4. The molecule has 0 bridgehead atoms. The molecule has 1 aromatic rings. The highest BCUT2D eigenvalue weighted by Gasteiger charge is 2.29. The molecule has 1 unspecified atom stereocenters. The first-order valence-corrected chi connectivity index (χ1v) is 7.26. The van der Waals surface area contributed by atoms with Gasteiger partial charge in [0.25, 0.3) is 0 Å². The number of urea groups is 1. The average Bonchev–Trinajstić information content (AvgIpc) is 2.74. The topological polar surface area (TPSA) is 49.4 Å². The molecule has 1 saturated heterocycles. The number of hydrogen-bond donors (Lipinski definition) is 1. The van der Waals surface area contributed by atoms with E-state index in [-0.39, 0.29) is 17.2 Å². The molecule has 0 aliphatic carbocycles. The van der Waals surface area contributed by atoms with Gasteiger partial charge in [-0.25, -0.2) is 4.79 Å². The van der Waals surface area contributed by atoms with Crippen molar-refractivity contribution in [3.05, 3.63) is 28.7 Å². The summed E-state index contributed by atoms with van der Waals surface area (Å²) in [6.07, 6.45) is 0. The van der Waals surface area contributed by atoms with E-state index in [9.17, 15) is 9.59 Å². The van der Waals surface area contributed by atoms with Gasteiger partial charge in [0.1, 0.15) is 0 Å². The van der Waals surface area contributed by atoms with E-state index >= 15 is 0 Å². The Kier molecular flexibility index (Phi) is 4.29. The number of carbonyl (C=O) groups is 2. The summed E-state index contributed by atoms with van der Waals surface area (Å²) in [6.45, 7) is 2.82. The number of nitrogens with zero attached hydrogens (tertiary/aromatic N) is 1. The highest BCUT2D eigenvalue weighted by atomic mass is 79.9. The van der Waals surface area contributed by atoms with Crippen LogP contribution in [0.4, 0.5) is 4.79 Å². The zero-order valence-corrected chi connectivity index (χ0v) is 12.3. The maximum atomic E-state index is 12.1. The van der Waals surface area contributed by atoms with Crippen molar-refractivity contribution in [3.8, 4) is 0 Å². The van der Waals surface area contributed by atoms with Gasteiger partial charge in [-0.15, -0.1) is 11.8 Å². The third-order valence-electron chi connectivity index (χ3n) is 2.58. The molecule has 96 valence electrons. The van der Waals surface area contributed by atoms with Crippen LogP contribution in [0.2, 0.25) is 0 Å². The Balaban J connectivity index is 2.01. The largest absolute Gasteiger partial charge is 0.336 e. The first-order valence-electron chi connectivity index (χ1n) is 5.59. The minimum Gasteiger partial charge on any atom is -0.336 e. The Bertz CT molecular complexity index is 481. The number of carbonyl (C=O) groups excluding carboxylic acids is 2. The number of amides is 3. The molecule has 1 atom stereocenters. The molecule has 4 nitrogen and oxygen atoms in total. The van der Waals surface area contributed by atoms with Crippen molar-refractivity contribution in [3.63, 3.8) is 0 Å². The van der Waals surface area contributed by atoms with Gasteiger partial charge in [0, 0.05) is 22.5 Å². The number of nitrogens with one attached hydrogen (secondary N) is 1. The van der Waals surface area contributed by atoms with Gasteiger partial charge in [0.15, 0.2) is 0 Å². The van der Waals surface area contributed by atoms with Crippen LogP contribution in [-0.2, 0) is 4.79 Å². The number of benzene rings is 1. The van der Waals surface area contributed by atoms with Gasteiger partial charge >= 0.3 is 6.03 Å². The Hall–Kier alpha value is -1.01. The van der Waals surface area contributed by atoms with E-state index in [0.717, 1.165) is 9.37 Å². The van der Waals surface area contributed by atoms with Crippen LogP contribution < -0.4 is 5.32 Å². The fraction of sp³-hybridized carbons (Fsp3) is 0.333. The lowest BCUT2D eigenvalue weighted by molar-refractivity contribution is -0.126. The quantitative estimate of drug-likeness (QED) is 0.867. The molecule has 1 aliphatic heterocycles. The molecule has 0 radical (unpaired) electrons. The lowest BCUT2D eigenvalue weighted by atomic mass is 10.4. The van der Waals surface area contributed by atoms with Crippen LogP contribution in [0.3, 0.4) is 0 Å². The normalized spacial score (nSPS) is 16.6. The summed E-state index contributed by atoms with van der Waals surface area (Å²) in [5, 5.41) is 2.35. The van der Waals surface area contributed by atoms with Crippen molar-refractivity contribution >= 4 is 39.6 Å². The maximum Gasteiger partial charge on any atom is 0.324 e. The number of rotatable bonds is 3. The molecular weight excluding hydrogens is 316 g/mol. The van der Waals surface area contributed by atoms with Gasteiger partial charge in [0.05, 0.1) is 5.25 Å². The second kappa shape index (κ2) is 5.75. The van der Waals surface area contributed by atoms with E-state index in [4.69, 9.17) is 0 Å². The van der Waals surface area contributed by atoms with Crippen molar-refractivity contribution in [2.24, 2.45) is 0 Å². The van der Waals surface area contributed by atoms with E-state index < -0.39 is 0 Å². The van der Waals surface area contributed by atoms with Crippen molar-refractivity contribution < 1.29 is 9.59 Å². The Morgan fingerprint density at radius 1 is 1.56 bits per heavy atom. The van der Waals surface area contributed by atoms with E-state index in [1.165, 1.54) is 16.7 Å². The number of thioether (sulfide) groups is 1. The van der Waals surface area contributed by atoms with Crippen molar-refractivity contribution in [1.29, 1.82) is 0 Å². The average molecular weight is 329 g/mol.